The normalized spacial score (nSPS) is 10.5. The summed E-state index contributed by atoms with van der Waals surface area (Å²) in [5.74, 6) is 0.952. The lowest BCUT2D eigenvalue weighted by Gasteiger charge is -1.98. The number of Topliss-reactive ketones (excluding diaryl/α,β-unsaturated/α-hetero) is 1. The van der Waals surface area contributed by atoms with Crippen LogP contribution in [0.3, 0.4) is 0 Å². The first-order valence-electron chi connectivity index (χ1n) is 4.72. The number of thiophene rings is 1. The van der Waals surface area contributed by atoms with Crippen molar-refractivity contribution in [3.63, 3.8) is 0 Å². The van der Waals surface area contributed by atoms with E-state index in [4.69, 9.17) is 0 Å². The summed E-state index contributed by atoms with van der Waals surface area (Å²) in [5, 5.41) is 0. The van der Waals surface area contributed by atoms with Crippen molar-refractivity contribution in [3.05, 3.63) is 40.1 Å². The summed E-state index contributed by atoms with van der Waals surface area (Å²) < 4.78 is 1.87. The number of ketones is 1. The Morgan fingerprint density at radius 1 is 1.53 bits per heavy atom. The summed E-state index contributed by atoms with van der Waals surface area (Å²) in [6.07, 6.45) is 3.94. The molecular weight excluding hydrogens is 208 g/mol. The first-order chi connectivity index (χ1) is 7.16. The molecule has 0 atom stereocenters. The van der Waals surface area contributed by atoms with Gasteiger partial charge in [0.15, 0.2) is 5.78 Å². The number of aryl methyl sites for hydroxylation is 2. The van der Waals surface area contributed by atoms with Crippen LogP contribution in [0.25, 0.3) is 0 Å². The highest BCUT2D eigenvalue weighted by Gasteiger charge is 2.11. The fourth-order valence-electron chi connectivity index (χ4n) is 1.38. The third kappa shape index (κ3) is 2.15. The molecule has 15 heavy (non-hydrogen) atoms. The maximum Gasteiger partial charge on any atom is 0.180 e. The van der Waals surface area contributed by atoms with Gasteiger partial charge in [-0.3, -0.25) is 4.79 Å². The molecule has 0 aliphatic heterocycles. The molecule has 0 saturated carbocycles. The van der Waals surface area contributed by atoms with Gasteiger partial charge in [-0.05, 0) is 19.1 Å². The zero-order chi connectivity index (χ0) is 10.8. The van der Waals surface area contributed by atoms with Gasteiger partial charge in [0, 0.05) is 24.3 Å². The molecule has 0 aliphatic rings. The topological polar surface area (TPSA) is 34.9 Å². The smallest absolute Gasteiger partial charge is 0.180 e. The molecule has 0 radical (unpaired) electrons. The molecule has 0 aliphatic carbocycles. The molecule has 2 rings (SSSR count). The van der Waals surface area contributed by atoms with Crippen LogP contribution in [0.2, 0.25) is 0 Å². The molecule has 4 heteroatoms. The van der Waals surface area contributed by atoms with Crippen molar-refractivity contribution in [3.8, 4) is 0 Å². The molecule has 2 aromatic rings. The second-order valence-corrected chi connectivity index (χ2v) is 4.75. The van der Waals surface area contributed by atoms with E-state index < -0.39 is 0 Å². The summed E-state index contributed by atoms with van der Waals surface area (Å²) in [7, 11) is 1.90. The number of hydrogen-bond acceptors (Lipinski definition) is 3. The largest absolute Gasteiger partial charge is 0.338 e. The van der Waals surface area contributed by atoms with Gasteiger partial charge >= 0.3 is 0 Å². The van der Waals surface area contributed by atoms with Gasteiger partial charge in [0.05, 0.1) is 11.3 Å². The highest BCUT2D eigenvalue weighted by atomic mass is 32.1. The Kier molecular flexibility index (Phi) is 2.68. The van der Waals surface area contributed by atoms with Crippen LogP contribution in [0, 0.1) is 6.92 Å². The van der Waals surface area contributed by atoms with Crippen molar-refractivity contribution in [2.24, 2.45) is 7.05 Å². The summed E-state index contributed by atoms with van der Waals surface area (Å²) in [5.41, 5.74) is 0. The third-order valence-corrected chi connectivity index (χ3v) is 3.30. The number of aromatic nitrogens is 2. The van der Waals surface area contributed by atoms with E-state index in [-0.39, 0.29) is 5.78 Å². The zero-order valence-electron chi connectivity index (χ0n) is 8.73. The Labute approximate surface area is 92.4 Å². The van der Waals surface area contributed by atoms with Gasteiger partial charge in [-0.1, -0.05) is 0 Å². The van der Waals surface area contributed by atoms with Gasteiger partial charge in [0.2, 0.25) is 0 Å². The van der Waals surface area contributed by atoms with Crippen LogP contribution < -0.4 is 0 Å². The second-order valence-electron chi connectivity index (χ2n) is 3.46. The number of rotatable bonds is 3. The van der Waals surface area contributed by atoms with Crippen LogP contribution >= 0.6 is 11.3 Å². The molecule has 0 amide bonds. The zero-order valence-corrected chi connectivity index (χ0v) is 9.54. The van der Waals surface area contributed by atoms with Crippen molar-refractivity contribution >= 4 is 17.1 Å². The number of carbonyl (C=O) groups excluding carboxylic acids is 1. The Balaban J connectivity index is 2.14. The van der Waals surface area contributed by atoms with E-state index in [0.29, 0.717) is 6.42 Å². The molecule has 0 unspecified atom stereocenters. The van der Waals surface area contributed by atoms with E-state index in [0.717, 1.165) is 15.6 Å². The Morgan fingerprint density at radius 3 is 2.87 bits per heavy atom. The lowest BCUT2D eigenvalue weighted by Crippen LogP contribution is -2.06. The molecule has 0 aromatic carbocycles. The van der Waals surface area contributed by atoms with Crippen LogP contribution in [0.1, 0.15) is 20.4 Å². The summed E-state index contributed by atoms with van der Waals surface area (Å²) in [4.78, 5) is 17.9. The number of nitrogens with zero attached hydrogens (tertiary/aromatic N) is 2. The minimum Gasteiger partial charge on any atom is -0.338 e. The second kappa shape index (κ2) is 3.98. The molecule has 2 heterocycles. The fourth-order valence-corrected chi connectivity index (χ4v) is 2.19. The Morgan fingerprint density at radius 2 is 2.33 bits per heavy atom. The molecule has 3 nitrogen and oxygen atoms in total. The van der Waals surface area contributed by atoms with Crippen molar-refractivity contribution in [1.29, 1.82) is 0 Å². The molecule has 0 spiro atoms. The van der Waals surface area contributed by atoms with Gasteiger partial charge in [0.25, 0.3) is 0 Å². The minimum absolute atomic E-state index is 0.141. The SMILES string of the molecule is Cc1ccc(C(=O)Cc2nccn2C)s1. The van der Waals surface area contributed by atoms with Crippen molar-refractivity contribution in [2.45, 2.75) is 13.3 Å². The molecular formula is C11H12N2OS. The lowest BCUT2D eigenvalue weighted by molar-refractivity contribution is 0.0994. The first-order valence-corrected chi connectivity index (χ1v) is 5.54. The van der Waals surface area contributed by atoms with Gasteiger partial charge < -0.3 is 4.57 Å². The highest BCUT2D eigenvalue weighted by molar-refractivity contribution is 7.14. The average molecular weight is 220 g/mol. The predicted octanol–water partition coefficient (Wildman–Crippen LogP) is 2.22. The maximum absolute atomic E-state index is 11.8. The quantitative estimate of drug-likeness (QED) is 0.743. The highest BCUT2D eigenvalue weighted by Crippen LogP contribution is 2.16. The molecule has 2 aromatic heterocycles. The van der Waals surface area contributed by atoms with Crippen molar-refractivity contribution < 1.29 is 4.79 Å². The summed E-state index contributed by atoms with van der Waals surface area (Å²) in [6.45, 7) is 2.00. The number of hydrogen-bond donors (Lipinski definition) is 0. The van der Waals surface area contributed by atoms with Gasteiger partial charge in [-0.25, -0.2) is 4.98 Å². The maximum atomic E-state index is 11.8. The standard InChI is InChI=1S/C11H12N2OS/c1-8-3-4-10(15-8)9(14)7-11-12-5-6-13(11)2/h3-6H,7H2,1-2H3. The summed E-state index contributed by atoms with van der Waals surface area (Å²) >= 11 is 1.54. The van der Waals surface area contributed by atoms with Gasteiger partial charge in [-0.2, -0.15) is 0 Å². The van der Waals surface area contributed by atoms with E-state index in [1.165, 1.54) is 11.3 Å². The summed E-state index contributed by atoms with van der Waals surface area (Å²) in [6, 6.07) is 3.85. The van der Waals surface area contributed by atoms with E-state index in [2.05, 4.69) is 4.98 Å². The predicted molar refractivity (Wildman–Crippen MR) is 60.3 cm³/mol. The van der Waals surface area contributed by atoms with E-state index in [1.54, 1.807) is 6.20 Å². The number of carbonyl (C=O) groups is 1. The van der Waals surface area contributed by atoms with E-state index in [9.17, 15) is 4.79 Å². The molecule has 78 valence electrons. The van der Waals surface area contributed by atoms with Crippen molar-refractivity contribution in [1.82, 2.24) is 9.55 Å². The molecule has 0 N–H and O–H groups in total. The monoisotopic (exact) mass is 220 g/mol. The molecule has 0 fully saturated rings. The number of imidazole rings is 1. The van der Waals surface area contributed by atoms with Gasteiger partial charge in [-0.15, -0.1) is 11.3 Å². The van der Waals surface area contributed by atoms with Gasteiger partial charge in [0.1, 0.15) is 5.82 Å². The van der Waals surface area contributed by atoms with Crippen LogP contribution in [0.4, 0.5) is 0 Å². The van der Waals surface area contributed by atoms with Crippen LogP contribution in [0.15, 0.2) is 24.5 Å². The lowest BCUT2D eigenvalue weighted by atomic mass is 10.2. The first kappa shape index (κ1) is 10.1. The van der Waals surface area contributed by atoms with Crippen LogP contribution in [-0.2, 0) is 13.5 Å². The Hall–Kier alpha value is -1.42. The van der Waals surface area contributed by atoms with Crippen LogP contribution in [-0.4, -0.2) is 15.3 Å². The van der Waals surface area contributed by atoms with Crippen LogP contribution in [0.5, 0.6) is 0 Å². The van der Waals surface area contributed by atoms with E-state index >= 15 is 0 Å². The fraction of sp³-hybridized carbons (Fsp3) is 0.273. The Bertz CT molecular complexity index is 484. The van der Waals surface area contributed by atoms with E-state index in [1.807, 2.05) is 36.9 Å². The minimum atomic E-state index is 0.141. The molecule has 0 saturated heterocycles. The molecule has 0 bridgehead atoms. The third-order valence-electron chi connectivity index (χ3n) is 2.25. The van der Waals surface area contributed by atoms with Crippen molar-refractivity contribution in [2.75, 3.05) is 0 Å². The average Bonchev–Trinajstić information content (AvgIpc) is 2.77.